The van der Waals surface area contributed by atoms with Gasteiger partial charge in [0.15, 0.2) is 0 Å². The number of hydrogen-bond acceptors (Lipinski definition) is 4. The first-order valence-corrected chi connectivity index (χ1v) is 6.75. The highest BCUT2D eigenvalue weighted by atomic mass is 32.1. The molecule has 0 spiro atoms. The molecule has 0 aliphatic heterocycles. The topological polar surface area (TPSA) is 42.1 Å². The number of rotatable bonds is 6. The van der Waals surface area contributed by atoms with E-state index in [1.54, 1.807) is 11.3 Å². The van der Waals surface area contributed by atoms with Crippen molar-refractivity contribution in [2.45, 2.75) is 39.3 Å². The minimum Gasteiger partial charge on any atom is -0.327 e. The van der Waals surface area contributed by atoms with Crippen molar-refractivity contribution >= 4 is 11.3 Å². The second-order valence-electron chi connectivity index (χ2n) is 4.72. The van der Waals surface area contributed by atoms with Gasteiger partial charge < -0.3 is 5.73 Å². The van der Waals surface area contributed by atoms with Crippen molar-refractivity contribution in [1.29, 1.82) is 0 Å². The first kappa shape index (κ1) is 13.6. The largest absolute Gasteiger partial charge is 0.327 e. The molecule has 0 saturated carbocycles. The molecule has 0 bridgehead atoms. The minimum absolute atomic E-state index is 0.297. The summed E-state index contributed by atoms with van der Waals surface area (Å²) in [6.07, 6.45) is 2.91. The van der Waals surface area contributed by atoms with E-state index in [9.17, 15) is 0 Å². The Labute approximate surface area is 103 Å². The normalized spacial score (nSPS) is 15.7. The van der Waals surface area contributed by atoms with Gasteiger partial charge in [0.25, 0.3) is 0 Å². The predicted octanol–water partition coefficient (Wildman–Crippen LogP) is 2.51. The molecule has 0 amide bonds. The molecule has 1 heterocycles. The fourth-order valence-corrected chi connectivity index (χ4v) is 2.27. The van der Waals surface area contributed by atoms with Gasteiger partial charge in [0.05, 0.1) is 6.04 Å². The van der Waals surface area contributed by atoms with E-state index in [0.29, 0.717) is 18.0 Å². The molecule has 2 atom stereocenters. The molecule has 16 heavy (non-hydrogen) atoms. The van der Waals surface area contributed by atoms with E-state index in [0.717, 1.165) is 13.0 Å². The van der Waals surface area contributed by atoms with Crippen molar-refractivity contribution in [3.8, 4) is 0 Å². The molecule has 0 radical (unpaired) electrons. The number of hydrogen-bond donors (Lipinski definition) is 1. The lowest BCUT2D eigenvalue weighted by molar-refractivity contribution is 0.243. The van der Waals surface area contributed by atoms with Crippen LogP contribution in [0.25, 0.3) is 0 Å². The number of aromatic nitrogens is 1. The molecular formula is C12H23N3S. The lowest BCUT2D eigenvalue weighted by Crippen LogP contribution is -2.32. The third-order valence-electron chi connectivity index (χ3n) is 3.14. The summed E-state index contributed by atoms with van der Waals surface area (Å²) in [5, 5.41) is 3.21. The van der Waals surface area contributed by atoms with Crippen LogP contribution in [0.5, 0.6) is 0 Å². The smallest absolute Gasteiger partial charge is 0.109 e. The van der Waals surface area contributed by atoms with Gasteiger partial charge in [-0.05, 0) is 26.3 Å². The summed E-state index contributed by atoms with van der Waals surface area (Å²) in [6, 6.07) is 0.685. The summed E-state index contributed by atoms with van der Waals surface area (Å²) in [6.45, 7) is 7.57. The van der Waals surface area contributed by atoms with Gasteiger partial charge in [0.2, 0.25) is 0 Å². The molecule has 1 aromatic heterocycles. The lowest BCUT2D eigenvalue weighted by Gasteiger charge is -2.25. The van der Waals surface area contributed by atoms with E-state index in [1.165, 1.54) is 5.01 Å². The second kappa shape index (κ2) is 6.33. The molecular weight excluding hydrogens is 218 g/mol. The SMILES string of the molecule is CC(C)C(N)CCN(C)C(C)c1nccs1. The minimum atomic E-state index is 0.297. The van der Waals surface area contributed by atoms with E-state index in [1.807, 2.05) is 11.6 Å². The molecule has 0 aliphatic carbocycles. The van der Waals surface area contributed by atoms with Gasteiger partial charge in [-0.2, -0.15) is 0 Å². The van der Waals surface area contributed by atoms with E-state index < -0.39 is 0 Å². The van der Waals surface area contributed by atoms with Gasteiger partial charge in [-0.15, -0.1) is 11.3 Å². The monoisotopic (exact) mass is 241 g/mol. The Morgan fingerprint density at radius 2 is 2.12 bits per heavy atom. The number of thiazole rings is 1. The van der Waals surface area contributed by atoms with Crippen LogP contribution in [0.2, 0.25) is 0 Å². The van der Waals surface area contributed by atoms with Crippen molar-refractivity contribution in [3.05, 3.63) is 16.6 Å². The fourth-order valence-electron chi connectivity index (χ4n) is 1.51. The molecule has 0 saturated heterocycles. The third-order valence-corrected chi connectivity index (χ3v) is 4.09. The van der Waals surface area contributed by atoms with Crippen LogP contribution in [0, 0.1) is 5.92 Å². The quantitative estimate of drug-likeness (QED) is 0.832. The summed E-state index contributed by atoms with van der Waals surface area (Å²) in [4.78, 5) is 6.67. The van der Waals surface area contributed by atoms with E-state index in [2.05, 4.69) is 37.7 Å². The van der Waals surface area contributed by atoms with E-state index in [-0.39, 0.29) is 0 Å². The molecule has 1 rings (SSSR count). The Morgan fingerprint density at radius 1 is 1.44 bits per heavy atom. The van der Waals surface area contributed by atoms with Crippen LogP contribution in [0.3, 0.4) is 0 Å². The van der Waals surface area contributed by atoms with Crippen molar-refractivity contribution in [3.63, 3.8) is 0 Å². The number of nitrogens with zero attached hydrogens (tertiary/aromatic N) is 2. The van der Waals surface area contributed by atoms with Crippen molar-refractivity contribution < 1.29 is 0 Å². The third kappa shape index (κ3) is 3.85. The molecule has 92 valence electrons. The molecule has 2 unspecified atom stereocenters. The first-order valence-electron chi connectivity index (χ1n) is 5.87. The van der Waals surface area contributed by atoms with Gasteiger partial charge in [-0.25, -0.2) is 4.98 Å². The molecule has 1 aromatic rings. The Hall–Kier alpha value is -0.450. The van der Waals surface area contributed by atoms with E-state index >= 15 is 0 Å². The highest BCUT2D eigenvalue weighted by Gasteiger charge is 2.15. The van der Waals surface area contributed by atoms with Gasteiger partial charge in [0, 0.05) is 24.2 Å². The van der Waals surface area contributed by atoms with Gasteiger partial charge in [0.1, 0.15) is 5.01 Å². The zero-order valence-corrected chi connectivity index (χ0v) is 11.5. The molecule has 0 aromatic carbocycles. The maximum atomic E-state index is 6.04. The van der Waals surface area contributed by atoms with Gasteiger partial charge >= 0.3 is 0 Å². The maximum Gasteiger partial charge on any atom is 0.109 e. The van der Waals surface area contributed by atoms with Crippen molar-refractivity contribution in [2.24, 2.45) is 11.7 Å². The van der Waals surface area contributed by atoms with E-state index in [4.69, 9.17) is 5.73 Å². The van der Waals surface area contributed by atoms with Gasteiger partial charge in [-0.1, -0.05) is 13.8 Å². The van der Waals surface area contributed by atoms with Crippen LogP contribution >= 0.6 is 11.3 Å². The number of nitrogens with two attached hydrogens (primary N) is 1. The summed E-state index contributed by atoms with van der Waals surface area (Å²) < 4.78 is 0. The summed E-state index contributed by atoms with van der Waals surface area (Å²) in [7, 11) is 2.14. The first-order chi connectivity index (χ1) is 7.52. The second-order valence-corrected chi connectivity index (χ2v) is 5.65. The average molecular weight is 241 g/mol. The van der Waals surface area contributed by atoms with Crippen LogP contribution in [0.1, 0.15) is 38.2 Å². The summed E-state index contributed by atoms with van der Waals surface area (Å²) in [5.74, 6) is 0.559. The van der Waals surface area contributed by atoms with Crippen molar-refractivity contribution in [2.75, 3.05) is 13.6 Å². The van der Waals surface area contributed by atoms with Gasteiger partial charge in [-0.3, -0.25) is 4.90 Å². The molecule has 0 aliphatic rings. The highest BCUT2D eigenvalue weighted by molar-refractivity contribution is 7.09. The average Bonchev–Trinajstić information content (AvgIpc) is 2.77. The summed E-state index contributed by atoms with van der Waals surface area (Å²) >= 11 is 1.72. The van der Waals surface area contributed by atoms with Crippen LogP contribution in [0.15, 0.2) is 11.6 Å². The molecule has 4 heteroatoms. The zero-order chi connectivity index (χ0) is 12.1. The molecule has 2 N–H and O–H groups in total. The molecule has 3 nitrogen and oxygen atoms in total. The zero-order valence-electron chi connectivity index (χ0n) is 10.7. The maximum absolute atomic E-state index is 6.04. The predicted molar refractivity (Wildman–Crippen MR) is 70.6 cm³/mol. The summed E-state index contributed by atoms with van der Waals surface area (Å²) in [5.41, 5.74) is 6.04. The Kier molecular flexibility index (Phi) is 5.38. The Bertz CT molecular complexity index is 284. The fraction of sp³-hybridized carbons (Fsp3) is 0.750. The Morgan fingerprint density at radius 3 is 2.62 bits per heavy atom. The molecule has 0 fully saturated rings. The van der Waals surface area contributed by atoms with Crippen molar-refractivity contribution in [1.82, 2.24) is 9.88 Å². The Balaban J connectivity index is 2.38. The van der Waals surface area contributed by atoms with Crippen LogP contribution in [-0.4, -0.2) is 29.5 Å². The van der Waals surface area contributed by atoms with Crippen LogP contribution < -0.4 is 5.73 Å². The van der Waals surface area contributed by atoms with Crippen LogP contribution in [0.4, 0.5) is 0 Å². The standard InChI is InChI=1S/C12H23N3S/c1-9(2)11(13)5-7-15(4)10(3)12-14-6-8-16-12/h6,8-11H,5,7,13H2,1-4H3. The van der Waals surface area contributed by atoms with Crippen LogP contribution in [-0.2, 0) is 0 Å². The highest BCUT2D eigenvalue weighted by Crippen LogP contribution is 2.21. The lowest BCUT2D eigenvalue weighted by atomic mass is 10.0.